The number of alkyl halides is 6. The van der Waals surface area contributed by atoms with E-state index in [2.05, 4.69) is 41.2 Å². The fraction of sp³-hybridized carbons (Fsp3) is 0.276. The first-order valence-electron chi connectivity index (χ1n) is 25.7. The second kappa shape index (κ2) is 26.6. The molecule has 8 aromatic rings. The van der Waals surface area contributed by atoms with Gasteiger partial charge in [-0.05, 0) is 97.5 Å². The second-order valence-electron chi connectivity index (χ2n) is 19.2. The maximum Gasteiger partial charge on any atom is 0.417 e. The van der Waals surface area contributed by atoms with Crippen LogP contribution in [0.15, 0.2) is 134 Å². The summed E-state index contributed by atoms with van der Waals surface area (Å²) in [5, 5.41) is 11.1. The predicted octanol–water partition coefficient (Wildman–Crippen LogP) is 9.43. The fourth-order valence-corrected chi connectivity index (χ4v) is 8.35. The highest BCUT2D eigenvalue weighted by Crippen LogP contribution is 2.36. The van der Waals surface area contributed by atoms with Crippen LogP contribution in [-0.2, 0) is 44.4 Å². The third-order valence-corrected chi connectivity index (χ3v) is 12.6. The first kappa shape index (κ1) is 59.3. The number of rotatable bonds is 25. The van der Waals surface area contributed by atoms with E-state index >= 15 is 0 Å². The molecule has 0 aliphatic carbocycles. The fourth-order valence-electron chi connectivity index (χ4n) is 8.35. The third kappa shape index (κ3) is 16.0. The Morgan fingerprint density at radius 3 is 1.32 bits per heavy atom. The quantitative estimate of drug-likeness (QED) is 0.0231. The van der Waals surface area contributed by atoms with Crippen molar-refractivity contribution in [3.63, 3.8) is 0 Å². The number of nitrogens with zero attached hydrogens (tertiary/aromatic N) is 6. The highest BCUT2D eigenvalue weighted by molar-refractivity contribution is 6.07. The lowest BCUT2D eigenvalue weighted by atomic mass is 10.0. The van der Waals surface area contributed by atoms with Gasteiger partial charge in [-0.25, -0.2) is 19.9 Å². The summed E-state index contributed by atoms with van der Waals surface area (Å²) in [5.41, 5.74) is 16.2. The second-order valence-corrected chi connectivity index (χ2v) is 19.2. The highest BCUT2D eigenvalue weighted by Gasteiger charge is 2.37. The molecule has 24 heteroatoms. The average molecular weight is 1140 g/mol. The number of hydrogen-bond acceptors (Lipinski definition) is 14. The molecule has 0 saturated heterocycles. The number of anilines is 2. The number of ether oxygens (including phenoxy) is 4. The van der Waals surface area contributed by atoms with Crippen molar-refractivity contribution in [3.8, 4) is 22.5 Å². The van der Waals surface area contributed by atoms with Gasteiger partial charge < -0.3 is 51.7 Å². The van der Waals surface area contributed by atoms with Crippen molar-refractivity contribution >= 4 is 34.7 Å². The number of nitrogens with two attached hydrogens (primary N) is 2. The van der Waals surface area contributed by atoms with E-state index in [4.69, 9.17) is 30.4 Å². The summed E-state index contributed by atoms with van der Waals surface area (Å²) < 4.78 is 111. The predicted molar refractivity (Wildman–Crippen MR) is 296 cm³/mol. The molecule has 8 rings (SSSR count). The molecule has 430 valence electrons. The van der Waals surface area contributed by atoms with Crippen LogP contribution < -0.4 is 32.7 Å². The summed E-state index contributed by atoms with van der Waals surface area (Å²) in [4.78, 5) is 44.4. The zero-order valence-corrected chi connectivity index (χ0v) is 45.2. The number of imidazole rings is 2. The zero-order chi connectivity index (χ0) is 58.6. The Hall–Kier alpha value is -8.84. The maximum absolute atomic E-state index is 14.3. The maximum atomic E-state index is 14.3. The minimum atomic E-state index is -4.82. The molecule has 0 aliphatic heterocycles. The van der Waals surface area contributed by atoms with E-state index in [9.17, 15) is 35.9 Å². The highest BCUT2D eigenvalue weighted by atomic mass is 19.4. The minimum Gasteiger partial charge on any atom is -0.399 e. The van der Waals surface area contributed by atoms with Gasteiger partial charge in [-0.3, -0.25) is 18.4 Å². The smallest absolute Gasteiger partial charge is 0.399 e. The van der Waals surface area contributed by atoms with Gasteiger partial charge in [0.15, 0.2) is 0 Å². The van der Waals surface area contributed by atoms with E-state index in [-0.39, 0.29) is 88.5 Å². The lowest BCUT2D eigenvalue weighted by Gasteiger charge is -2.16. The molecule has 4 aromatic carbocycles. The molecule has 0 atom stereocenters. The number of aryl methyl sites for hydroxylation is 4. The van der Waals surface area contributed by atoms with E-state index in [1.54, 1.807) is 71.7 Å². The summed E-state index contributed by atoms with van der Waals surface area (Å²) in [6.07, 6.45) is 3.90. The van der Waals surface area contributed by atoms with E-state index in [1.807, 2.05) is 38.4 Å². The van der Waals surface area contributed by atoms with Gasteiger partial charge in [0, 0.05) is 85.2 Å². The van der Waals surface area contributed by atoms with E-state index in [0.717, 1.165) is 35.4 Å². The number of halogens is 6. The molecule has 8 N–H and O–H groups in total. The monoisotopic (exact) mass is 1130 g/mol. The molecular weight excluding hydrogens is 1070 g/mol. The minimum absolute atomic E-state index is 0.0160. The van der Waals surface area contributed by atoms with Gasteiger partial charge in [-0.1, -0.05) is 36.4 Å². The Labute approximate surface area is 467 Å². The van der Waals surface area contributed by atoms with E-state index < -0.39 is 46.4 Å². The van der Waals surface area contributed by atoms with Gasteiger partial charge in [-0.2, -0.15) is 26.3 Å². The number of fused-ring (bicyclic) bond motifs is 2. The molecule has 18 nitrogen and oxygen atoms in total. The number of aromatic nitrogens is 6. The Bertz CT molecular complexity index is 3400. The van der Waals surface area contributed by atoms with Crippen LogP contribution in [0.2, 0.25) is 0 Å². The van der Waals surface area contributed by atoms with Crippen LogP contribution in [-0.4, -0.2) is 93.4 Å². The van der Waals surface area contributed by atoms with Gasteiger partial charge in [0.2, 0.25) is 11.6 Å². The molecule has 82 heavy (non-hydrogen) atoms. The van der Waals surface area contributed by atoms with Gasteiger partial charge in [-0.15, -0.1) is 0 Å². The van der Waals surface area contributed by atoms with Crippen molar-refractivity contribution in [2.24, 2.45) is 11.5 Å². The zero-order valence-electron chi connectivity index (χ0n) is 45.2. The molecule has 2 amide bonds. The third-order valence-electron chi connectivity index (χ3n) is 12.6. The van der Waals surface area contributed by atoms with Crippen LogP contribution in [0, 0.1) is 27.7 Å². The van der Waals surface area contributed by atoms with Crippen LogP contribution in [0.3, 0.4) is 0 Å². The summed E-state index contributed by atoms with van der Waals surface area (Å²) >= 11 is 0. The normalized spacial score (nSPS) is 12.3. The van der Waals surface area contributed by atoms with Crippen molar-refractivity contribution in [1.82, 2.24) is 39.4 Å². The lowest BCUT2D eigenvalue weighted by Crippen LogP contribution is -2.20. The largest absolute Gasteiger partial charge is 0.417 e. The number of carbonyl (C=O) groups excluding carboxylic acids is 2. The van der Waals surface area contributed by atoms with Crippen molar-refractivity contribution in [2.45, 2.75) is 53.1 Å². The van der Waals surface area contributed by atoms with Crippen molar-refractivity contribution in [1.29, 1.82) is 0 Å². The SMILES string of the molecule is Cc1cnc2nc(-c3ccc(C)c(NC(=O)c4ccc(CN/C=C(\N)COCCOCCOCCOC/C(N)=C/NCc5ccc(C(=O)Nc6cc(-c7cn8cc(C)cnc8n7)ccc6C)c(C(F)(F)F)c5)cc4C(F)(F)F)c3)cn2c1. The van der Waals surface area contributed by atoms with Crippen molar-refractivity contribution in [3.05, 3.63) is 189 Å². The summed E-state index contributed by atoms with van der Waals surface area (Å²) in [6.45, 7) is 8.67. The topological polar surface area (TPSA) is 232 Å². The molecular formula is C58H60F6N12O6. The lowest BCUT2D eigenvalue weighted by molar-refractivity contribution is -0.138. The first-order valence-corrected chi connectivity index (χ1v) is 25.7. The van der Waals surface area contributed by atoms with Crippen LogP contribution in [0.5, 0.6) is 0 Å². The molecule has 0 radical (unpaired) electrons. The van der Waals surface area contributed by atoms with Crippen LogP contribution in [0.4, 0.5) is 37.7 Å². The van der Waals surface area contributed by atoms with Gasteiger partial charge in [0.25, 0.3) is 11.8 Å². The Kier molecular flexibility index (Phi) is 19.2. The van der Waals surface area contributed by atoms with Crippen LogP contribution in [0.1, 0.15) is 65.2 Å². The molecule has 0 unspecified atom stereocenters. The van der Waals surface area contributed by atoms with Gasteiger partial charge >= 0.3 is 12.4 Å². The average Bonchev–Trinajstić information content (AvgIpc) is 3.94. The number of carbonyl (C=O) groups is 2. The molecule has 0 bridgehead atoms. The van der Waals surface area contributed by atoms with E-state index in [1.165, 1.54) is 24.5 Å². The number of benzene rings is 4. The summed E-state index contributed by atoms with van der Waals surface area (Å²) in [7, 11) is 0. The summed E-state index contributed by atoms with van der Waals surface area (Å²) in [5.74, 6) is -0.878. The molecule has 0 fully saturated rings. The Balaban J connectivity index is 0.686. The van der Waals surface area contributed by atoms with Crippen LogP contribution in [0.25, 0.3) is 34.1 Å². The molecule has 0 saturated carbocycles. The Morgan fingerprint density at radius 1 is 0.537 bits per heavy atom. The molecule has 4 heterocycles. The number of nitrogens with one attached hydrogen (secondary N) is 4. The molecule has 4 aromatic heterocycles. The van der Waals surface area contributed by atoms with Crippen molar-refractivity contribution in [2.75, 3.05) is 63.5 Å². The summed E-state index contributed by atoms with van der Waals surface area (Å²) in [6, 6.07) is 17.4. The van der Waals surface area contributed by atoms with E-state index in [0.29, 0.717) is 56.6 Å². The standard InChI is InChI=1S/C58H60F6N12O6/c1-35-23-69-55-73-51(31-75(55)29-35)41-9-5-37(3)49(21-41)71-53(77)45-11-7-39(19-47(45)57(59,60)61)25-67-27-43(65)33-81-17-15-79-13-14-80-16-18-82-34-44(66)28-68-26-40-8-12-46(48(20-40)58(62,63)64)54(78)72-50-22-42(10-6-38(50)4)52-32-76-30-36(2)24-70-56(76)74-52/h5-12,19-24,27-32,67-68H,13-18,25-26,33-34,65-66H2,1-4H3,(H,71,77)(H,72,78)/b43-27-,44-28-. The first-order chi connectivity index (χ1) is 39.2. The van der Waals surface area contributed by atoms with Gasteiger partial charge in [0.1, 0.15) is 0 Å². The van der Waals surface area contributed by atoms with Gasteiger partial charge in [0.05, 0.1) is 97.9 Å². The van der Waals surface area contributed by atoms with Crippen molar-refractivity contribution < 1.29 is 54.9 Å². The number of amides is 2. The Morgan fingerprint density at radius 2 is 0.927 bits per heavy atom. The number of hydrogen-bond donors (Lipinski definition) is 6. The molecule has 0 aliphatic rings. The van der Waals surface area contributed by atoms with Crippen LogP contribution >= 0.6 is 0 Å². The molecule has 0 spiro atoms.